The lowest BCUT2D eigenvalue weighted by molar-refractivity contribution is 0.0962. The third-order valence-corrected chi connectivity index (χ3v) is 2.80. The van der Waals surface area contributed by atoms with Gasteiger partial charge < -0.3 is 0 Å². The predicted molar refractivity (Wildman–Crippen MR) is 71.6 cm³/mol. The van der Waals surface area contributed by atoms with Crippen LogP contribution in [0.15, 0.2) is 53.0 Å². The Balaban J connectivity index is 1.96. The summed E-state index contributed by atoms with van der Waals surface area (Å²) in [7, 11) is 0. The lowest BCUT2D eigenvalue weighted by Gasteiger charge is -2.08. The minimum Gasteiger partial charge on any atom is -0.298 e. The molecule has 92 valence electrons. The van der Waals surface area contributed by atoms with E-state index in [0.29, 0.717) is 5.56 Å². The van der Waals surface area contributed by atoms with Crippen molar-refractivity contribution in [3.8, 4) is 0 Å². The molecule has 0 bridgehead atoms. The molecule has 2 aromatic carbocycles. The van der Waals surface area contributed by atoms with E-state index in [1.807, 2.05) is 24.3 Å². The first-order chi connectivity index (χ1) is 8.65. The van der Waals surface area contributed by atoms with Crippen molar-refractivity contribution in [3.05, 3.63) is 64.4 Å². The van der Waals surface area contributed by atoms with E-state index in [9.17, 15) is 9.18 Å². The van der Waals surface area contributed by atoms with Gasteiger partial charge in [-0.2, -0.15) is 0 Å². The van der Waals surface area contributed by atoms with Crippen molar-refractivity contribution in [3.63, 3.8) is 0 Å². The van der Waals surface area contributed by atoms with Crippen molar-refractivity contribution in [1.29, 1.82) is 0 Å². The van der Waals surface area contributed by atoms with Crippen LogP contribution in [0.2, 0.25) is 0 Å². The number of rotatable bonds is 3. The zero-order chi connectivity index (χ0) is 13.0. The van der Waals surface area contributed by atoms with Crippen molar-refractivity contribution in [2.24, 2.45) is 0 Å². The SMILES string of the molecule is O=C(NNc1ccc(Br)cc1)c1ccc(F)cc1. The Labute approximate surface area is 112 Å². The number of nitrogens with one attached hydrogen (secondary N) is 2. The summed E-state index contributed by atoms with van der Waals surface area (Å²) in [6, 6.07) is 12.7. The van der Waals surface area contributed by atoms with Gasteiger partial charge in [-0.3, -0.25) is 15.6 Å². The van der Waals surface area contributed by atoms with Crippen LogP contribution < -0.4 is 10.9 Å². The summed E-state index contributed by atoms with van der Waals surface area (Å²) >= 11 is 3.32. The quantitative estimate of drug-likeness (QED) is 0.854. The molecule has 1 amide bonds. The first-order valence-corrected chi connectivity index (χ1v) is 6.02. The molecule has 0 aromatic heterocycles. The first kappa shape index (κ1) is 12.6. The smallest absolute Gasteiger partial charge is 0.269 e. The molecule has 18 heavy (non-hydrogen) atoms. The molecule has 0 saturated heterocycles. The highest BCUT2D eigenvalue weighted by molar-refractivity contribution is 9.10. The Hall–Kier alpha value is -1.88. The summed E-state index contributed by atoms with van der Waals surface area (Å²) in [5.74, 6) is -0.690. The van der Waals surface area contributed by atoms with Crippen LogP contribution in [0.4, 0.5) is 10.1 Å². The van der Waals surface area contributed by atoms with Gasteiger partial charge in [-0.15, -0.1) is 0 Å². The summed E-state index contributed by atoms with van der Waals surface area (Å²) < 4.78 is 13.6. The van der Waals surface area contributed by atoms with Crippen molar-refractivity contribution in [2.45, 2.75) is 0 Å². The summed E-state index contributed by atoms with van der Waals surface area (Å²) in [5, 5.41) is 0. The number of carbonyl (C=O) groups excluding carboxylic acids is 1. The lowest BCUT2D eigenvalue weighted by atomic mass is 10.2. The Morgan fingerprint density at radius 1 is 1.00 bits per heavy atom. The molecule has 0 heterocycles. The number of halogens is 2. The number of hydrogen-bond acceptors (Lipinski definition) is 2. The maximum atomic E-state index is 12.7. The van der Waals surface area contributed by atoms with E-state index in [2.05, 4.69) is 26.8 Å². The molecule has 0 atom stereocenters. The third kappa shape index (κ3) is 3.30. The van der Waals surface area contributed by atoms with Gasteiger partial charge in [-0.1, -0.05) is 15.9 Å². The van der Waals surface area contributed by atoms with Gasteiger partial charge >= 0.3 is 0 Å². The van der Waals surface area contributed by atoms with Gasteiger partial charge in [-0.05, 0) is 48.5 Å². The molecule has 0 fully saturated rings. The molecule has 0 unspecified atom stereocenters. The van der Waals surface area contributed by atoms with Gasteiger partial charge in [0, 0.05) is 10.0 Å². The van der Waals surface area contributed by atoms with E-state index in [1.165, 1.54) is 24.3 Å². The Bertz CT molecular complexity index is 540. The number of hydrogen-bond donors (Lipinski definition) is 2. The molecule has 2 N–H and O–H groups in total. The van der Waals surface area contributed by atoms with Gasteiger partial charge in [0.25, 0.3) is 5.91 Å². The van der Waals surface area contributed by atoms with Gasteiger partial charge in [0.1, 0.15) is 5.82 Å². The molecule has 0 radical (unpaired) electrons. The van der Waals surface area contributed by atoms with Crippen LogP contribution >= 0.6 is 15.9 Å². The van der Waals surface area contributed by atoms with Crippen LogP contribution in [0.5, 0.6) is 0 Å². The highest BCUT2D eigenvalue weighted by Gasteiger charge is 2.04. The molecule has 2 rings (SSSR count). The minimum absolute atomic E-state index is 0.321. The minimum atomic E-state index is -0.368. The van der Waals surface area contributed by atoms with E-state index < -0.39 is 0 Å². The van der Waals surface area contributed by atoms with Crippen LogP contribution in [-0.2, 0) is 0 Å². The summed E-state index contributed by atoms with van der Waals surface area (Å²) in [5.41, 5.74) is 6.45. The normalized spacial score (nSPS) is 9.89. The maximum absolute atomic E-state index is 12.7. The number of benzene rings is 2. The summed E-state index contributed by atoms with van der Waals surface area (Å²) in [6.45, 7) is 0. The van der Waals surface area contributed by atoms with Crippen LogP contribution in [0.25, 0.3) is 0 Å². The molecule has 0 spiro atoms. The zero-order valence-corrected chi connectivity index (χ0v) is 10.9. The fourth-order valence-corrected chi connectivity index (χ4v) is 1.60. The highest BCUT2D eigenvalue weighted by Crippen LogP contribution is 2.13. The summed E-state index contributed by atoms with van der Waals surface area (Å²) in [4.78, 5) is 11.7. The molecule has 5 heteroatoms. The van der Waals surface area contributed by atoms with Gasteiger partial charge in [-0.25, -0.2) is 4.39 Å². The molecule has 0 aliphatic carbocycles. The van der Waals surface area contributed by atoms with E-state index in [1.54, 1.807) is 0 Å². The van der Waals surface area contributed by atoms with Crippen LogP contribution in [0.1, 0.15) is 10.4 Å². The highest BCUT2D eigenvalue weighted by atomic mass is 79.9. The van der Waals surface area contributed by atoms with Crippen molar-refractivity contribution >= 4 is 27.5 Å². The predicted octanol–water partition coefficient (Wildman–Crippen LogP) is 3.35. The lowest BCUT2D eigenvalue weighted by Crippen LogP contribution is -2.29. The first-order valence-electron chi connectivity index (χ1n) is 5.22. The van der Waals surface area contributed by atoms with Crippen LogP contribution in [0.3, 0.4) is 0 Å². The van der Waals surface area contributed by atoms with Crippen LogP contribution in [0, 0.1) is 5.82 Å². The number of anilines is 1. The van der Waals surface area contributed by atoms with Gasteiger partial charge in [0.15, 0.2) is 0 Å². The summed E-state index contributed by atoms with van der Waals surface area (Å²) in [6.07, 6.45) is 0. The molecule has 0 aliphatic rings. The second-order valence-electron chi connectivity index (χ2n) is 3.59. The number of hydrazine groups is 1. The fraction of sp³-hybridized carbons (Fsp3) is 0. The van der Waals surface area contributed by atoms with Crippen molar-refractivity contribution < 1.29 is 9.18 Å². The Morgan fingerprint density at radius 2 is 1.61 bits per heavy atom. The number of carbonyl (C=O) groups is 1. The Morgan fingerprint density at radius 3 is 2.22 bits per heavy atom. The van der Waals surface area contributed by atoms with Crippen LogP contribution in [-0.4, -0.2) is 5.91 Å². The van der Waals surface area contributed by atoms with E-state index in [0.717, 1.165) is 10.2 Å². The standard InChI is InChI=1S/C13H10BrFN2O/c14-10-3-7-12(8-4-10)16-17-13(18)9-1-5-11(15)6-2-9/h1-8,16H,(H,17,18). The monoisotopic (exact) mass is 308 g/mol. The molecule has 3 nitrogen and oxygen atoms in total. The van der Waals surface area contributed by atoms with Gasteiger partial charge in [0.05, 0.1) is 5.69 Å². The van der Waals surface area contributed by atoms with Crippen molar-refractivity contribution in [2.75, 3.05) is 5.43 Å². The molecular formula is C13H10BrFN2O. The van der Waals surface area contributed by atoms with E-state index >= 15 is 0 Å². The zero-order valence-electron chi connectivity index (χ0n) is 9.28. The second-order valence-corrected chi connectivity index (χ2v) is 4.51. The topological polar surface area (TPSA) is 41.1 Å². The van der Waals surface area contributed by atoms with E-state index in [-0.39, 0.29) is 11.7 Å². The molecule has 0 saturated carbocycles. The maximum Gasteiger partial charge on any atom is 0.269 e. The Kier molecular flexibility index (Phi) is 3.94. The third-order valence-electron chi connectivity index (χ3n) is 2.27. The number of amides is 1. The fourth-order valence-electron chi connectivity index (χ4n) is 1.34. The van der Waals surface area contributed by atoms with E-state index in [4.69, 9.17) is 0 Å². The largest absolute Gasteiger partial charge is 0.298 e. The average Bonchev–Trinajstić information content (AvgIpc) is 2.38. The van der Waals surface area contributed by atoms with Crippen molar-refractivity contribution in [1.82, 2.24) is 5.43 Å². The molecular weight excluding hydrogens is 299 g/mol. The average molecular weight is 309 g/mol. The van der Waals surface area contributed by atoms with Gasteiger partial charge in [0.2, 0.25) is 0 Å². The second kappa shape index (κ2) is 5.64. The molecule has 0 aliphatic heterocycles. The molecule has 2 aromatic rings.